The van der Waals surface area contributed by atoms with E-state index < -0.39 is 22.7 Å². The Hall–Kier alpha value is -3.20. The molecular weight excluding hydrogens is 515 g/mol. The maximum atomic E-state index is 12.8. The van der Waals surface area contributed by atoms with E-state index in [0.717, 1.165) is 34.4 Å². The van der Waals surface area contributed by atoms with Crippen molar-refractivity contribution < 1.29 is 32.2 Å². The Balaban J connectivity index is 1.69. The number of hydrogen-bond donors (Lipinski definition) is 0. The van der Waals surface area contributed by atoms with E-state index >= 15 is 0 Å². The molecule has 0 N–H and O–H groups in total. The number of ether oxygens (including phenoxy) is 3. The van der Waals surface area contributed by atoms with Gasteiger partial charge in [0.15, 0.2) is 5.60 Å². The van der Waals surface area contributed by atoms with Crippen molar-refractivity contribution in [1.29, 1.82) is 0 Å². The summed E-state index contributed by atoms with van der Waals surface area (Å²) < 4.78 is 52.9. The second kappa shape index (κ2) is 10.9. The highest BCUT2D eigenvalue weighted by Crippen LogP contribution is 2.60. The lowest BCUT2D eigenvalue weighted by atomic mass is 9.87. The molecule has 5 nitrogen and oxygen atoms in total. The second-order valence-corrected chi connectivity index (χ2v) is 11.0. The lowest BCUT2D eigenvalue weighted by molar-refractivity contribution is -0.274. The van der Waals surface area contributed by atoms with Crippen LogP contribution in [-0.4, -0.2) is 29.5 Å². The first-order valence-corrected chi connectivity index (χ1v) is 13.2. The Bertz CT molecular complexity index is 1260. The highest BCUT2D eigenvalue weighted by molar-refractivity contribution is 8.00. The number of rotatable bonds is 10. The van der Waals surface area contributed by atoms with Crippen LogP contribution in [0.1, 0.15) is 50.3 Å². The van der Waals surface area contributed by atoms with Gasteiger partial charge >= 0.3 is 12.3 Å². The van der Waals surface area contributed by atoms with Crippen LogP contribution in [0.2, 0.25) is 0 Å². The molecule has 38 heavy (non-hydrogen) atoms. The fourth-order valence-electron chi connectivity index (χ4n) is 4.42. The van der Waals surface area contributed by atoms with Crippen LogP contribution in [0.4, 0.5) is 13.2 Å². The number of thioether (sulfide) groups is 1. The molecule has 0 bridgehead atoms. The molecule has 1 atom stereocenters. The maximum absolute atomic E-state index is 12.8. The molecule has 4 rings (SSSR count). The standard InChI is InChI=1S/C29H30F3NO4S/c1-5-35-26(34)27(3,4)37-25-15-14-24(17-19(25)2)38-28(20-8-9-20,22-7-6-16-33-18-22)21-10-12-23(13-11-21)36-29(30,31)32/h6-7,10-18,20H,5,8-9H2,1-4H3. The minimum atomic E-state index is -4.75. The SMILES string of the molecule is CCOC(=O)C(C)(C)Oc1ccc(SC(c2ccc(OC(F)(F)F)cc2)(c2cccnc2)C2CC2)cc1C. The van der Waals surface area contributed by atoms with Gasteiger partial charge in [-0.2, -0.15) is 0 Å². The van der Waals surface area contributed by atoms with Gasteiger partial charge in [-0.05, 0) is 99.5 Å². The number of aromatic nitrogens is 1. The molecule has 1 saturated carbocycles. The number of nitrogens with zero attached hydrogens (tertiary/aromatic N) is 1. The van der Waals surface area contributed by atoms with Gasteiger partial charge in [-0.25, -0.2) is 4.79 Å². The van der Waals surface area contributed by atoms with E-state index in [1.54, 1.807) is 50.9 Å². The fraction of sp³-hybridized carbons (Fsp3) is 0.379. The summed E-state index contributed by atoms with van der Waals surface area (Å²) in [5, 5.41) is 0. The third-order valence-corrected chi connectivity index (χ3v) is 7.93. The number of hydrogen-bond acceptors (Lipinski definition) is 6. The summed E-state index contributed by atoms with van der Waals surface area (Å²) in [7, 11) is 0. The molecule has 1 heterocycles. The smallest absolute Gasteiger partial charge is 0.476 e. The van der Waals surface area contributed by atoms with E-state index in [0.29, 0.717) is 5.75 Å². The first-order valence-electron chi connectivity index (χ1n) is 12.4. The zero-order valence-corrected chi connectivity index (χ0v) is 22.5. The molecule has 2 aromatic carbocycles. The minimum absolute atomic E-state index is 0.260. The van der Waals surface area contributed by atoms with E-state index in [1.807, 2.05) is 43.5 Å². The monoisotopic (exact) mass is 545 g/mol. The number of halogens is 3. The summed E-state index contributed by atoms with van der Waals surface area (Å²) in [6, 6.07) is 15.8. The summed E-state index contributed by atoms with van der Waals surface area (Å²) in [6.45, 7) is 7.25. The van der Waals surface area contributed by atoms with Crippen LogP contribution in [-0.2, 0) is 14.3 Å². The van der Waals surface area contributed by atoms with Crippen LogP contribution < -0.4 is 9.47 Å². The van der Waals surface area contributed by atoms with Crippen molar-refractivity contribution >= 4 is 17.7 Å². The summed E-state index contributed by atoms with van der Waals surface area (Å²) >= 11 is 1.64. The quantitative estimate of drug-likeness (QED) is 0.195. The average molecular weight is 546 g/mol. The van der Waals surface area contributed by atoms with Gasteiger partial charge in [-0.1, -0.05) is 18.2 Å². The van der Waals surface area contributed by atoms with Gasteiger partial charge in [0, 0.05) is 17.3 Å². The first kappa shape index (κ1) is 27.8. The third-order valence-electron chi connectivity index (χ3n) is 6.32. The van der Waals surface area contributed by atoms with Crippen molar-refractivity contribution in [2.75, 3.05) is 6.61 Å². The zero-order valence-electron chi connectivity index (χ0n) is 21.7. The van der Waals surface area contributed by atoms with Crippen molar-refractivity contribution in [2.45, 2.75) is 62.1 Å². The first-order chi connectivity index (χ1) is 17.9. The highest BCUT2D eigenvalue weighted by Gasteiger charge is 2.49. The average Bonchev–Trinajstić information content (AvgIpc) is 3.70. The molecule has 0 amide bonds. The lowest BCUT2D eigenvalue weighted by Gasteiger charge is -2.35. The van der Waals surface area contributed by atoms with Gasteiger partial charge in [0.1, 0.15) is 11.5 Å². The van der Waals surface area contributed by atoms with Crippen molar-refractivity contribution in [3.63, 3.8) is 0 Å². The Morgan fingerprint density at radius 3 is 2.29 bits per heavy atom. The van der Waals surface area contributed by atoms with Gasteiger partial charge < -0.3 is 14.2 Å². The Morgan fingerprint density at radius 1 is 1.03 bits per heavy atom. The van der Waals surface area contributed by atoms with Crippen LogP contribution >= 0.6 is 11.8 Å². The molecule has 9 heteroatoms. The predicted molar refractivity (Wildman–Crippen MR) is 139 cm³/mol. The molecule has 1 aliphatic rings. The number of carbonyl (C=O) groups is 1. The van der Waals surface area contributed by atoms with Gasteiger partial charge in [-0.3, -0.25) is 4.98 Å². The van der Waals surface area contributed by atoms with Crippen LogP contribution in [0.15, 0.2) is 71.9 Å². The molecule has 0 aliphatic heterocycles. The number of esters is 1. The van der Waals surface area contributed by atoms with E-state index in [2.05, 4.69) is 9.72 Å². The van der Waals surface area contributed by atoms with Crippen molar-refractivity contribution in [3.8, 4) is 11.5 Å². The van der Waals surface area contributed by atoms with E-state index in [9.17, 15) is 18.0 Å². The topological polar surface area (TPSA) is 57.7 Å². The molecule has 0 radical (unpaired) electrons. The summed E-state index contributed by atoms with van der Waals surface area (Å²) in [6.07, 6.45) is 0.731. The van der Waals surface area contributed by atoms with Gasteiger partial charge in [-0.15, -0.1) is 24.9 Å². The van der Waals surface area contributed by atoms with Gasteiger partial charge in [0.25, 0.3) is 0 Å². The van der Waals surface area contributed by atoms with Crippen molar-refractivity contribution in [3.05, 3.63) is 83.7 Å². The number of carbonyl (C=O) groups excluding carboxylic acids is 1. The predicted octanol–water partition coefficient (Wildman–Crippen LogP) is 7.46. The number of pyridine rings is 1. The summed E-state index contributed by atoms with van der Waals surface area (Å²) in [5.74, 6) is 0.133. The normalized spacial score (nSPS) is 15.4. The molecule has 3 aromatic rings. The van der Waals surface area contributed by atoms with Crippen LogP contribution in [0.3, 0.4) is 0 Å². The molecule has 1 unspecified atom stereocenters. The van der Waals surface area contributed by atoms with Gasteiger partial charge in [0.05, 0.1) is 11.4 Å². The number of aryl methyl sites for hydroxylation is 1. The van der Waals surface area contributed by atoms with E-state index in [-0.39, 0.29) is 18.3 Å². The van der Waals surface area contributed by atoms with Crippen molar-refractivity contribution in [1.82, 2.24) is 4.98 Å². The summed E-state index contributed by atoms with van der Waals surface area (Å²) in [5.41, 5.74) is 1.54. The summed E-state index contributed by atoms with van der Waals surface area (Å²) in [4.78, 5) is 17.6. The lowest BCUT2D eigenvalue weighted by Crippen LogP contribution is -2.39. The second-order valence-electron chi connectivity index (χ2n) is 9.69. The molecule has 1 aliphatic carbocycles. The molecule has 1 aromatic heterocycles. The molecule has 202 valence electrons. The largest absolute Gasteiger partial charge is 0.573 e. The van der Waals surface area contributed by atoms with Crippen molar-refractivity contribution in [2.24, 2.45) is 5.92 Å². The molecular formula is C29H30F3NO4S. The number of alkyl halides is 3. The van der Waals surface area contributed by atoms with Crippen LogP contribution in [0.25, 0.3) is 0 Å². The zero-order chi connectivity index (χ0) is 27.6. The van der Waals surface area contributed by atoms with E-state index in [4.69, 9.17) is 9.47 Å². The fourth-order valence-corrected chi connectivity index (χ4v) is 6.06. The highest BCUT2D eigenvalue weighted by atomic mass is 32.2. The van der Waals surface area contributed by atoms with Crippen LogP contribution in [0, 0.1) is 12.8 Å². The minimum Gasteiger partial charge on any atom is -0.476 e. The Morgan fingerprint density at radius 2 is 1.74 bits per heavy atom. The Kier molecular flexibility index (Phi) is 7.97. The third kappa shape index (κ3) is 6.26. The maximum Gasteiger partial charge on any atom is 0.573 e. The van der Waals surface area contributed by atoms with E-state index in [1.165, 1.54) is 12.1 Å². The van der Waals surface area contributed by atoms with Gasteiger partial charge in [0.2, 0.25) is 0 Å². The molecule has 0 spiro atoms. The van der Waals surface area contributed by atoms with Crippen LogP contribution in [0.5, 0.6) is 11.5 Å². The molecule has 0 saturated heterocycles. The molecule has 1 fully saturated rings. The Labute approximate surface area is 224 Å². The number of benzene rings is 2.